The first kappa shape index (κ1) is 17.5. The molecule has 0 heterocycles. The van der Waals surface area contributed by atoms with Crippen molar-refractivity contribution in [2.24, 2.45) is 11.8 Å². The topological polar surface area (TPSA) is 61.4 Å². The number of carbonyl (C=O) groups is 2. The summed E-state index contributed by atoms with van der Waals surface area (Å²) < 4.78 is 0. The van der Waals surface area contributed by atoms with Crippen molar-refractivity contribution < 1.29 is 9.59 Å². The molecule has 5 nitrogen and oxygen atoms in total. The first-order chi connectivity index (χ1) is 11.0. The van der Waals surface area contributed by atoms with E-state index in [0.717, 1.165) is 18.5 Å². The zero-order valence-corrected chi connectivity index (χ0v) is 14.3. The Balaban J connectivity index is 1.65. The van der Waals surface area contributed by atoms with Crippen LogP contribution in [0.1, 0.15) is 24.0 Å². The number of hydrogen-bond acceptors (Lipinski definition) is 3. The second-order valence-corrected chi connectivity index (χ2v) is 6.60. The molecule has 1 aromatic carbocycles. The van der Waals surface area contributed by atoms with Gasteiger partial charge < -0.3 is 15.5 Å². The summed E-state index contributed by atoms with van der Waals surface area (Å²) in [5.41, 5.74) is 2.28. The first-order valence-electron chi connectivity index (χ1n) is 8.23. The molecule has 2 rings (SSSR count). The van der Waals surface area contributed by atoms with E-state index in [1.54, 1.807) is 0 Å². The van der Waals surface area contributed by atoms with Gasteiger partial charge in [0.05, 0.1) is 11.8 Å². The Labute approximate surface area is 138 Å². The summed E-state index contributed by atoms with van der Waals surface area (Å²) in [4.78, 5) is 26.1. The molecule has 2 amide bonds. The van der Waals surface area contributed by atoms with Crippen LogP contribution in [-0.2, 0) is 16.1 Å². The van der Waals surface area contributed by atoms with E-state index in [1.165, 1.54) is 5.56 Å². The summed E-state index contributed by atoms with van der Waals surface area (Å²) in [5, 5.41) is 5.84. The molecule has 1 aliphatic carbocycles. The quantitative estimate of drug-likeness (QED) is 0.711. The van der Waals surface area contributed by atoms with Gasteiger partial charge in [0.25, 0.3) is 0 Å². The Morgan fingerprint density at radius 3 is 2.30 bits per heavy atom. The smallest absolute Gasteiger partial charge is 0.224 e. The zero-order chi connectivity index (χ0) is 16.8. The average molecular weight is 317 g/mol. The summed E-state index contributed by atoms with van der Waals surface area (Å²) in [6.07, 6.45) is 1.59. The lowest BCUT2D eigenvalue weighted by atomic mass is 10.1. The summed E-state index contributed by atoms with van der Waals surface area (Å²) >= 11 is 0. The molecule has 1 saturated carbocycles. The van der Waals surface area contributed by atoms with E-state index in [2.05, 4.69) is 15.5 Å². The maximum atomic E-state index is 12.1. The van der Waals surface area contributed by atoms with Crippen molar-refractivity contribution in [3.63, 3.8) is 0 Å². The number of carbonyl (C=O) groups excluding carboxylic acids is 2. The normalized spacial score (nSPS) is 19.5. The lowest BCUT2D eigenvalue weighted by Gasteiger charge is -2.10. The van der Waals surface area contributed by atoms with Gasteiger partial charge in [-0.1, -0.05) is 29.8 Å². The summed E-state index contributed by atoms with van der Waals surface area (Å²) in [6.45, 7) is 4.18. The highest BCUT2D eigenvalue weighted by Crippen LogP contribution is 2.38. The van der Waals surface area contributed by atoms with Crippen molar-refractivity contribution in [3.8, 4) is 0 Å². The predicted molar refractivity (Wildman–Crippen MR) is 90.8 cm³/mol. The molecule has 23 heavy (non-hydrogen) atoms. The molecular weight excluding hydrogens is 290 g/mol. The highest BCUT2D eigenvalue weighted by molar-refractivity contribution is 5.92. The van der Waals surface area contributed by atoms with Gasteiger partial charge >= 0.3 is 0 Å². The van der Waals surface area contributed by atoms with Crippen LogP contribution in [0, 0.1) is 18.8 Å². The van der Waals surface area contributed by atoms with E-state index in [9.17, 15) is 9.59 Å². The van der Waals surface area contributed by atoms with Crippen molar-refractivity contribution >= 4 is 11.8 Å². The van der Waals surface area contributed by atoms with E-state index < -0.39 is 0 Å². The van der Waals surface area contributed by atoms with Gasteiger partial charge in [0.1, 0.15) is 0 Å². The number of aryl methyl sites for hydroxylation is 1. The number of amides is 2. The Kier molecular flexibility index (Phi) is 6.16. The van der Waals surface area contributed by atoms with Gasteiger partial charge in [0.2, 0.25) is 11.8 Å². The monoisotopic (exact) mass is 317 g/mol. The predicted octanol–water partition coefficient (Wildman–Crippen LogP) is 1.32. The molecule has 0 aromatic heterocycles. The fourth-order valence-corrected chi connectivity index (χ4v) is 2.54. The van der Waals surface area contributed by atoms with Gasteiger partial charge in [0, 0.05) is 13.1 Å². The Hall–Kier alpha value is -1.88. The molecule has 0 saturated heterocycles. The number of benzene rings is 1. The second-order valence-electron chi connectivity index (χ2n) is 6.60. The number of nitrogens with zero attached hydrogens (tertiary/aromatic N) is 1. The first-order valence-corrected chi connectivity index (χ1v) is 8.23. The average Bonchev–Trinajstić information content (AvgIpc) is 3.31. The van der Waals surface area contributed by atoms with Crippen LogP contribution < -0.4 is 10.6 Å². The van der Waals surface area contributed by atoms with Crippen molar-refractivity contribution in [2.75, 3.05) is 27.2 Å². The molecule has 2 atom stereocenters. The maximum Gasteiger partial charge on any atom is 0.224 e. The molecule has 126 valence electrons. The number of nitrogens with one attached hydrogen (secondary N) is 2. The lowest BCUT2D eigenvalue weighted by molar-refractivity contribution is -0.127. The molecule has 2 unspecified atom stereocenters. The van der Waals surface area contributed by atoms with Gasteiger partial charge in [0.15, 0.2) is 0 Å². The van der Waals surface area contributed by atoms with Crippen LogP contribution in [0.15, 0.2) is 24.3 Å². The van der Waals surface area contributed by atoms with Crippen LogP contribution >= 0.6 is 0 Å². The van der Waals surface area contributed by atoms with Crippen molar-refractivity contribution in [2.45, 2.75) is 26.3 Å². The van der Waals surface area contributed by atoms with E-state index in [1.807, 2.05) is 45.3 Å². The SMILES string of the molecule is Cc1ccc(CNC(=O)C2CC2C(=O)NCCCN(C)C)cc1. The van der Waals surface area contributed by atoms with Crippen LogP contribution in [0.25, 0.3) is 0 Å². The van der Waals surface area contributed by atoms with Crippen LogP contribution in [0.4, 0.5) is 0 Å². The van der Waals surface area contributed by atoms with Gasteiger partial charge in [-0.3, -0.25) is 9.59 Å². The standard InChI is InChI=1S/C18H27N3O2/c1-13-5-7-14(8-6-13)12-20-18(23)16-11-15(16)17(22)19-9-4-10-21(2)3/h5-8,15-16H,4,9-12H2,1-3H3,(H,19,22)(H,20,23). The third-order valence-corrected chi connectivity index (χ3v) is 4.13. The third kappa shape index (κ3) is 5.67. The molecule has 0 bridgehead atoms. The summed E-state index contributed by atoms with van der Waals surface area (Å²) in [5.74, 6) is -0.306. The van der Waals surface area contributed by atoms with Crippen molar-refractivity contribution in [1.29, 1.82) is 0 Å². The molecule has 2 N–H and O–H groups in total. The fraction of sp³-hybridized carbons (Fsp3) is 0.556. The van der Waals surface area contributed by atoms with Crippen molar-refractivity contribution in [3.05, 3.63) is 35.4 Å². The van der Waals surface area contributed by atoms with Crippen molar-refractivity contribution in [1.82, 2.24) is 15.5 Å². The second kappa shape index (κ2) is 8.11. The third-order valence-electron chi connectivity index (χ3n) is 4.13. The maximum absolute atomic E-state index is 12.1. The van der Waals surface area contributed by atoms with Gasteiger partial charge in [-0.05, 0) is 46.0 Å². The Morgan fingerprint density at radius 1 is 1.09 bits per heavy atom. The lowest BCUT2D eigenvalue weighted by Crippen LogP contribution is -2.31. The van der Waals surface area contributed by atoms with E-state index >= 15 is 0 Å². The van der Waals surface area contributed by atoms with E-state index in [-0.39, 0.29) is 23.7 Å². The zero-order valence-electron chi connectivity index (χ0n) is 14.3. The molecule has 0 radical (unpaired) electrons. The molecule has 5 heteroatoms. The number of hydrogen-bond donors (Lipinski definition) is 2. The van der Waals surface area contributed by atoms with Crippen LogP contribution in [-0.4, -0.2) is 43.9 Å². The molecule has 0 aliphatic heterocycles. The molecular formula is C18H27N3O2. The van der Waals surface area contributed by atoms with Gasteiger partial charge in [-0.25, -0.2) is 0 Å². The minimum Gasteiger partial charge on any atom is -0.356 e. The largest absolute Gasteiger partial charge is 0.356 e. The number of rotatable bonds is 8. The molecule has 1 fully saturated rings. The molecule has 0 spiro atoms. The van der Waals surface area contributed by atoms with Gasteiger partial charge in [-0.2, -0.15) is 0 Å². The minimum absolute atomic E-state index is 0.0132. The minimum atomic E-state index is -0.158. The summed E-state index contributed by atoms with van der Waals surface area (Å²) in [6, 6.07) is 8.08. The van der Waals surface area contributed by atoms with E-state index in [0.29, 0.717) is 19.5 Å². The summed E-state index contributed by atoms with van der Waals surface area (Å²) in [7, 11) is 4.02. The van der Waals surface area contributed by atoms with E-state index in [4.69, 9.17) is 0 Å². The highest BCUT2D eigenvalue weighted by atomic mass is 16.2. The highest BCUT2D eigenvalue weighted by Gasteiger charge is 2.47. The Morgan fingerprint density at radius 2 is 1.70 bits per heavy atom. The van der Waals surface area contributed by atoms with Crippen LogP contribution in [0.2, 0.25) is 0 Å². The molecule has 1 aliphatic rings. The Bertz CT molecular complexity index is 540. The van der Waals surface area contributed by atoms with Crippen LogP contribution in [0.3, 0.4) is 0 Å². The van der Waals surface area contributed by atoms with Gasteiger partial charge in [-0.15, -0.1) is 0 Å². The fourth-order valence-electron chi connectivity index (χ4n) is 2.54. The molecule has 1 aromatic rings. The van der Waals surface area contributed by atoms with Crippen LogP contribution in [0.5, 0.6) is 0 Å².